The molecule has 0 bridgehead atoms. The number of piperazine rings is 1. The fourth-order valence-corrected chi connectivity index (χ4v) is 3.44. The number of phenols is 1. The molecule has 0 spiro atoms. The molecule has 1 aliphatic heterocycles. The van der Waals surface area contributed by atoms with Crippen LogP contribution in [0.25, 0.3) is 0 Å². The molecule has 152 valence electrons. The number of benzene rings is 2. The number of nitrogens with one attached hydrogen (secondary N) is 1. The van der Waals surface area contributed by atoms with Crippen molar-refractivity contribution in [2.75, 3.05) is 51.8 Å². The molecular weight excluding hydrogens is 467 g/mol. The standard InChI is InChI=1S/C21H28N4O2.HI/c1-22-21(23-12-11-17-7-3-6-10-20(17)27-2)25-15-13-24(14-16-25)18-8-4-5-9-19(18)26;/h3-10,26H,11-16H2,1-2H3,(H,22,23);1H. The van der Waals surface area contributed by atoms with E-state index in [0.29, 0.717) is 5.75 Å². The first-order valence-electron chi connectivity index (χ1n) is 9.33. The monoisotopic (exact) mass is 496 g/mol. The minimum atomic E-state index is 0. The first kappa shape index (κ1) is 22.1. The largest absolute Gasteiger partial charge is 0.506 e. The SMILES string of the molecule is CN=C(NCCc1ccccc1OC)N1CCN(c2ccccc2O)CC1.I. The van der Waals surface area contributed by atoms with E-state index in [4.69, 9.17) is 4.74 Å². The third kappa shape index (κ3) is 5.43. The Balaban J connectivity index is 0.00000280. The number of para-hydroxylation sites is 3. The Labute approximate surface area is 184 Å². The van der Waals surface area contributed by atoms with Crippen LogP contribution >= 0.6 is 24.0 Å². The highest BCUT2D eigenvalue weighted by atomic mass is 127. The van der Waals surface area contributed by atoms with Crippen LogP contribution in [0.5, 0.6) is 11.5 Å². The normalized spacial score (nSPS) is 14.4. The second kappa shape index (κ2) is 11.0. The summed E-state index contributed by atoms with van der Waals surface area (Å²) in [6, 6.07) is 15.6. The van der Waals surface area contributed by atoms with Crippen LogP contribution in [0.4, 0.5) is 5.69 Å². The quantitative estimate of drug-likeness (QED) is 0.379. The van der Waals surface area contributed by atoms with Gasteiger partial charge in [-0.05, 0) is 30.2 Å². The molecule has 0 atom stereocenters. The summed E-state index contributed by atoms with van der Waals surface area (Å²) in [5.74, 6) is 2.18. The van der Waals surface area contributed by atoms with Gasteiger partial charge in [-0.3, -0.25) is 4.99 Å². The van der Waals surface area contributed by atoms with Gasteiger partial charge in [-0.2, -0.15) is 0 Å². The fourth-order valence-electron chi connectivity index (χ4n) is 3.44. The third-order valence-corrected chi connectivity index (χ3v) is 4.88. The van der Waals surface area contributed by atoms with E-state index in [1.807, 2.05) is 43.4 Å². The van der Waals surface area contributed by atoms with Gasteiger partial charge in [0.15, 0.2) is 5.96 Å². The lowest BCUT2D eigenvalue weighted by Gasteiger charge is -2.37. The van der Waals surface area contributed by atoms with Crippen LogP contribution in [-0.2, 0) is 6.42 Å². The summed E-state index contributed by atoms with van der Waals surface area (Å²) >= 11 is 0. The Morgan fingerprint density at radius 2 is 1.75 bits per heavy atom. The Kier molecular flexibility index (Phi) is 8.69. The number of nitrogens with zero attached hydrogens (tertiary/aromatic N) is 3. The highest BCUT2D eigenvalue weighted by molar-refractivity contribution is 14.0. The van der Waals surface area contributed by atoms with Crippen molar-refractivity contribution in [3.05, 3.63) is 54.1 Å². The average molecular weight is 496 g/mol. The lowest BCUT2D eigenvalue weighted by Crippen LogP contribution is -2.52. The third-order valence-electron chi connectivity index (χ3n) is 4.88. The fraction of sp³-hybridized carbons (Fsp3) is 0.381. The molecule has 1 fully saturated rings. The number of aliphatic imine (C=N–C) groups is 1. The molecule has 0 aliphatic carbocycles. The Hall–Kier alpha value is -2.16. The highest BCUT2D eigenvalue weighted by Gasteiger charge is 2.21. The Bertz CT molecular complexity index is 777. The first-order valence-corrected chi connectivity index (χ1v) is 9.33. The summed E-state index contributed by atoms with van der Waals surface area (Å²) < 4.78 is 5.41. The minimum absolute atomic E-state index is 0. The van der Waals surface area contributed by atoms with Gasteiger partial charge in [0.05, 0.1) is 12.8 Å². The molecule has 0 amide bonds. The molecule has 2 N–H and O–H groups in total. The van der Waals surface area contributed by atoms with Gasteiger partial charge in [-0.25, -0.2) is 0 Å². The Morgan fingerprint density at radius 3 is 2.43 bits per heavy atom. The van der Waals surface area contributed by atoms with Crippen molar-refractivity contribution in [3.63, 3.8) is 0 Å². The molecule has 28 heavy (non-hydrogen) atoms. The summed E-state index contributed by atoms with van der Waals surface area (Å²) in [6.45, 7) is 4.23. The maximum Gasteiger partial charge on any atom is 0.193 e. The molecule has 0 aromatic heterocycles. The topological polar surface area (TPSA) is 60.3 Å². The van der Waals surface area contributed by atoms with E-state index >= 15 is 0 Å². The van der Waals surface area contributed by atoms with Gasteiger partial charge in [0.1, 0.15) is 11.5 Å². The highest BCUT2D eigenvalue weighted by Crippen LogP contribution is 2.27. The number of guanidine groups is 1. The number of anilines is 1. The zero-order chi connectivity index (χ0) is 19.1. The minimum Gasteiger partial charge on any atom is -0.506 e. The number of ether oxygens (including phenoxy) is 1. The van der Waals surface area contributed by atoms with Gasteiger partial charge < -0.3 is 25.0 Å². The van der Waals surface area contributed by atoms with Crippen LogP contribution < -0.4 is 15.0 Å². The van der Waals surface area contributed by atoms with Crippen LogP contribution in [0, 0.1) is 0 Å². The lowest BCUT2D eigenvalue weighted by atomic mass is 10.1. The molecule has 1 saturated heterocycles. The zero-order valence-electron chi connectivity index (χ0n) is 16.5. The van der Waals surface area contributed by atoms with Gasteiger partial charge in [0.25, 0.3) is 0 Å². The summed E-state index contributed by atoms with van der Waals surface area (Å²) in [6.07, 6.45) is 0.876. The summed E-state index contributed by atoms with van der Waals surface area (Å²) in [5, 5.41) is 13.5. The van der Waals surface area contributed by atoms with Crippen LogP contribution in [0.15, 0.2) is 53.5 Å². The van der Waals surface area contributed by atoms with Crippen LogP contribution in [0.2, 0.25) is 0 Å². The van der Waals surface area contributed by atoms with Crippen LogP contribution in [-0.4, -0.2) is 62.8 Å². The van der Waals surface area contributed by atoms with Crippen molar-refractivity contribution < 1.29 is 9.84 Å². The van der Waals surface area contributed by atoms with E-state index < -0.39 is 0 Å². The predicted octanol–water partition coefficient (Wildman–Crippen LogP) is 2.96. The van der Waals surface area contributed by atoms with Crippen molar-refractivity contribution in [2.24, 2.45) is 4.99 Å². The second-order valence-electron chi connectivity index (χ2n) is 6.50. The number of aromatic hydroxyl groups is 1. The van der Waals surface area contributed by atoms with Crippen molar-refractivity contribution in [2.45, 2.75) is 6.42 Å². The first-order chi connectivity index (χ1) is 13.2. The molecule has 6 nitrogen and oxygen atoms in total. The number of hydrogen-bond donors (Lipinski definition) is 2. The molecular formula is C21H29IN4O2. The molecule has 0 saturated carbocycles. The molecule has 1 aliphatic rings. The van der Waals surface area contributed by atoms with E-state index in [1.54, 1.807) is 13.2 Å². The van der Waals surface area contributed by atoms with Gasteiger partial charge >= 0.3 is 0 Å². The van der Waals surface area contributed by atoms with E-state index in [-0.39, 0.29) is 24.0 Å². The van der Waals surface area contributed by atoms with E-state index in [1.165, 1.54) is 5.56 Å². The van der Waals surface area contributed by atoms with Gasteiger partial charge in [0.2, 0.25) is 0 Å². The molecule has 0 radical (unpaired) electrons. The maximum atomic E-state index is 10.0. The molecule has 3 rings (SSSR count). The van der Waals surface area contributed by atoms with E-state index in [0.717, 1.165) is 56.5 Å². The predicted molar refractivity (Wildman–Crippen MR) is 125 cm³/mol. The summed E-state index contributed by atoms with van der Waals surface area (Å²) in [5.41, 5.74) is 2.09. The van der Waals surface area contributed by atoms with Crippen molar-refractivity contribution >= 4 is 35.6 Å². The average Bonchev–Trinajstić information content (AvgIpc) is 2.72. The second-order valence-corrected chi connectivity index (χ2v) is 6.50. The maximum absolute atomic E-state index is 10.0. The molecule has 2 aromatic carbocycles. The lowest BCUT2D eigenvalue weighted by molar-refractivity contribution is 0.370. The summed E-state index contributed by atoms with van der Waals surface area (Å²) in [4.78, 5) is 8.91. The van der Waals surface area contributed by atoms with Crippen LogP contribution in [0.1, 0.15) is 5.56 Å². The number of halogens is 1. The number of methoxy groups -OCH3 is 1. The number of phenolic OH excluding ortho intramolecular Hbond substituents is 1. The molecule has 7 heteroatoms. The Morgan fingerprint density at radius 1 is 1.07 bits per heavy atom. The van der Waals surface area contributed by atoms with Gasteiger partial charge in [0, 0.05) is 39.8 Å². The van der Waals surface area contributed by atoms with Crippen molar-refractivity contribution in [3.8, 4) is 11.5 Å². The number of rotatable bonds is 5. The molecule has 1 heterocycles. The smallest absolute Gasteiger partial charge is 0.193 e. The van der Waals surface area contributed by atoms with Crippen molar-refractivity contribution in [1.82, 2.24) is 10.2 Å². The van der Waals surface area contributed by atoms with Gasteiger partial charge in [-0.15, -0.1) is 24.0 Å². The van der Waals surface area contributed by atoms with Crippen LogP contribution in [0.3, 0.4) is 0 Å². The zero-order valence-corrected chi connectivity index (χ0v) is 18.8. The molecule has 2 aromatic rings. The van der Waals surface area contributed by atoms with E-state index in [9.17, 15) is 5.11 Å². The molecule has 0 unspecified atom stereocenters. The van der Waals surface area contributed by atoms with Crippen molar-refractivity contribution in [1.29, 1.82) is 0 Å². The van der Waals surface area contributed by atoms with Gasteiger partial charge in [-0.1, -0.05) is 30.3 Å². The number of hydrogen-bond acceptors (Lipinski definition) is 4. The van der Waals surface area contributed by atoms with E-state index in [2.05, 4.69) is 26.2 Å². The summed E-state index contributed by atoms with van der Waals surface area (Å²) in [7, 11) is 3.52.